The summed E-state index contributed by atoms with van der Waals surface area (Å²) >= 11 is 0. The lowest BCUT2D eigenvalue weighted by molar-refractivity contribution is -0.384. The predicted molar refractivity (Wildman–Crippen MR) is 72.3 cm³/mol. The Kier molecular flexibility index (Phi) is 2.67. The Morgan fingerprint density at radius 1 is 1.10 bits per heavy atom. The van der Waals surface area contributed by atoms with Crippen LogP contribution in [0.4, 0.5) is 5.69 Å². The van der Waals surface area contributed by atoms with Crippen molar-refractivity contribution in [1.82, 2.24) is 19.6 Å². The number of non-ortho nitro benzene ring substituents is 1. The lowest BCUT2D eigenvalue weighted by Gasteiger charge is -1.97. The number of fused-ring (bicyclic) bond motifs is 1. The smallest absolute Gasteiger partial charge is 0.258 e. The normalized spacial score (nSPS) is 10.9. The maximum atomic E-state index is 10.6. The molecule has 20 heavy (non-hydrogen) atoms. The molecule has 0 amide bonds. The summed E-state index contributed by atoms with van der Waals surface area (Å²) in [5, 5.41) is 15.0. The first kappa shape index (κ1) is 12.2. The molecule has 0 atom stereocenters. The molecule has 0 fully saturated rings. The van der Waals surface area contributed by atoms with E-state index in [2.05, 4.69) is 15.1 Å². The van der Waals surface area contributed by atoms with Gasteiger partial charge in [-0.1, -0.05) is 0 Å². The summed E-state index contributed by atoms with van der Waals surface area (Å²) in [6.45, 7) is 3.76. The molecule has 100 valence electrons. The number of nitrogens with zero attached hydrogens (tertiary/aromatic N) is 5. The van der Waals surface area contributed by atoms with Gasteiger partial charge in [-0.05, 0) is 26.0 Å². The van der Waals surface area contributed by atoms with Crippen LogP contribution in [0.25, 0.3) is 17.0 Å². The van der Waals surface area contributed by atoms with Gasteiger partial charge in [0.15, 0.2) is 0 Å². The Morgan fingerprint density at radius 2 is 1.80 bits per heavy atom. The van der Waals surface area contributed by atoms with Gasteiger partial charge in [0.25, 0.3) is 11.5 Å². The van der Waals surface area contributed by atoms with Gasteiger partial charge in [-0.3, -0.25) is 10.1 Å². The molecule has 0 spiro atoms. The average Bonchev–Trinajstić information content (AvgIpc) is 2.82. The fourth-order valence-corrected chi connectivity index (χ4v) is 1.87. The van der Waals surface area contributed by atoms with Crippen LogP contribution in [0, 0.1) is 24.0 Å². The third-order valence-electron chi connectivity index (χ3n) is 3.09. The molecule has 1 aromatic carbocycles. The van der Waals surface area contributed by atoms with E-state index in [0.29, 0.717) is 11.5 Å². The number of nitro benzene ring substituents is 1. The SMILES string of the molecule is Cc1nc2nc(-c3ccc([N+](=O)[O-])cc3)cn2nc1C. The molecule has 7 heteroatoms. The second kappa shape index (κ2) is 4.37. The van der Waals surface area contributed by atoms with E-state index in [1.807, 2.05) is 13.8 Å². The zero-order valence-electron chi connectivity index (χ0n) is 10.9. The molecular formula is C13H11N5O2. The largest absolute Gasteiger partial charge is 0.269 e. The van der Waals surface area contributed by atoms with Crippen LogP contribution in [0.5, 0.6) is 0 Å². The average molecular weight is 269 g/mol. The molecule has 0 saturated carbocycles. The number of aromatic nitrogens is 4. The minimum atomic E-state index is -0.427. The van der Waals surface area contributed by atoms with Crippen molar-refractivity contribution in [3.05, 3.63) is 52.0 Å². The first-order valence-electron chi connectivity index (χ1n) is 6.00. The second-order valence-corrected chi connectivity index (χ2v) is 4.46. The quantitative estimate of drug-likeness (QED) is 0.526. The molecule has 3 aromatic rings. The van der Waals surface area contributed by atoms with Crippen molar-refractivity contribution in [2.75, 3.05) is 0 Å². The maximum absolute atomic E-state index is 10.6. The van der Waals surface area contributed by atoms with Gasteiger partial charge in [-0.2, -0.15) is 5.10 Å². The van der Waals surface area contributed by atoms with Crippen LogP contribution in [-0.4, -0.2) is 24.5 Å². The molecule has 0 N–H and O–H groups in total. The number of hydrogen-bond donors (Lipinski definition) is 0. The highest BCUT2D eigenvalue weighted by atomic mass is 16.6. The predicted octanol–water partition coefficient (Wildman–Crippen LogP) is 2.32. The van der Waals surface area contributed by atoms with Crippen LogP contribution in [0.1, 0.15) is 11.4 Å². The van der Waals surface area contributed by atoms with Crippen LogP contribution >= 0.6 is 0 Å². The zero-order valence-corrected chi connectivity index (χ0v) is 10.9. The fourth-order valence-electron chi connectivity index (χ4n) is 1.87. The second-order valence-electron chi connectivity index (χ2n) is 4.46. The van der Waals surface area contributed by atoms with Gasteiger partial charge in [-0.15, -0.1) is 0 Å². The Labute approximate surface area is 114 Å². The van der Waals surface area contributed by atoms with E-state index in [0.717, 1.165) is 17.0 Å². The van der Waals surface area contributed by atoms with E-state index in [1.54, 1.807) is 22.8 Å². The molecular weight excluding hydrogens is 258 g/mol. The summed E-state index contributed by atoms with van der Waals surface area (Å²) in [5.74, 6) is 0.515. The lowest BCUT2D eigenvalue weighted by atomic mass is 10.1. The molecule has 0 saturated heterocycles. The Morgan fingerprint density at radius 3 is 2.45 bits per heavy atom. The molecule has 0 unspecified atom stereocenters. The van der Waals surface area contributed by atoms with E-state index in [9.17, 15) is 10.1 Å². The lowest BCUT2D eigenvalue weighted by Crippen LogP contribution is -1.99. The number of hydrogen-bond acceptors (Lipinski definition) is 5. The van der Waals surface area contributed by atoms with Gasteiger partial charge in [0.05, 0.1) is 28.2 Å². The number of imidazole rings is 1. The van der Waals surface area contributed by atoms with E-state index in [1.165, 1.54) is 12.1 Å². The van der Waals surface area contributed by atoms with Crippen molar-refractivity contribution in [2.45, 2.75) is 13.8 Å². The third kappa shape index (κ3) is 1.99. The summed E-state index contributed by atoms with van der Waals surface area (Å²) < 4.78 is 1.61. The minimum Gasteiger partial charge on any atom is -0.258 e. The van der Waals surface area contributed by atoms with E-state index < -0.39 is 4.92 Å². The Balaban J connectivity index is 2.07. The van der Waals surface area contributed by atoms with E-state index in [-0.39, 0.29) is 5.69 Å². The molecule has 0 aliphatic rings. The number of rotatable bonds is 2. The van der Waals surface area contributed by atoms with Crippen molar-refractivity contribution in [3.8, 4) is 11.3 Å². The van der Waals surface area contributed by atoms with Crippen LogP contribution in [0.3, 0.4) is 0 Å². The number of nitro groups is 1. The van der Waals surface area contributed by atoms with E-state index >= 15 is 0 Å². The van der Waals surface area contributed by atoms with Crippen LogP contribution in [0.15, 0.2) is 30.5 Å². The minimum absolute atomic E-state index is 0.0560. The molecule has 3 rings (SSSR count). The van der Waals surface area contributed by atoms with Crippen LogP contribution < -0.4 is 0 Å². The topological polar surface area (TPSA) is 86.2 Å². The van der Waals surface area contributed by atoms with Gasteiger partial charge in [0.1, 0.15) is 0 Å². The highest BCUT2D eigenvalue weighted by Crippen LogP contribution is 2.21. The summed E-state index contributed by atoms with van der Waals surface area (Å²) in [6.07, 6.45) is 1.76. The van der Waals surface area contributed by atoms with Crippen molar-refractivity contribution < 1.29 is 4.92 Å². The summed E-state index contributed by atoms with van der Waals surface area (Å²) in [4.78, 5) is 18.9. The van der Waals surface area contributed by atoms with Gasteiger partial charge in [-0.25, -0.2) is 14.5 Å². The van der Waals surface area contributed by atoms with Crippen LogP contribution in [-0.2, 0) is 0 Å². The molecule has 7 nitrogen and oxygen atoms in total. The third-order valence-corrected chi connectivity index (χ3v) is 3.09. The standard InChI is InChI=1S/C13H11N5O2/c1-8-9(2)16-17-7-12(15-13(17)14-8)10-3-5-11(6-4-10)18(19)20/h3-7H,1-2H3. The molecule has 2 aromatic heterocycles. The van der Waals surface area contributed by atoms with Gasteiger partial charge < -0.3 is 0 Å². The van der Waals surface area contributed by atoms with E-state index in [4.69, 9.17) is 0 Å². The maximum Gasteiger partial charge on any atom is 0.269 e. The molecule has 0 radical (unpaired) electrons. The van der Waals surface area contributed by atoms with Gasteiger partial charge in [0.2, 0.25) is 0 Å². The van der Waals surface area contributed by atoms with Crippen molar-refractivity contribution in [1.29, 1.82) is 0 Å². The van der Waals surface area contributed by atoms with Gasteiger partial charge in [0, 0.05) is 17.7 Å². The summed E-state index contributed by atoms with van der Waals surface area (Å²) in [7, 11) is 0. The highest BCUT2D eigenvalue weighted by Gasteiger charge is 2.10. The van der Waals surface area contributed by atoms with Gasteiger partial charge >= 0.3 is 0 Å². The molecule has 0 bridgehead atoms. The highest BCUT2D eigenvalue weighted by molar-refractivity contribution is 5.62. The van der Waals surface area contributed by atoms with Crippen molar-refractivity contribution >= 4 is 11.5 Å². The fraction of sp³-hybridized carbons (Fsp3) is 0.154. The monoisotopic (exact) mass is 269 g/mol. The molecule has 0 aliphatic heterocycles. The first-order valence-corrected chi connectivity index (χ1v) is 6.00. The Bertz CT molecular complexity index is 768. The zero-order chi connectivity index (χ0) is 14.3. The van der Waals surface area contributed by atoms with Crippen LogP contribution in [0.2, 0.25) is 0 Å². The van der Waals surface area contributed by atoms with Crippen molar-refractivity contribution in [3.63, 3.8) is 0 Å². The van der Waals surface area contributed by atoms with Crippen molar-refractivity contribution in [2.24, 2.45) is 0 Å². The molecule has 2 heterocycles. The summed E-state index contributed by atoms with van der Waals surface area (Å²) in [5.41, 5.74) is 3.20. The number of benzene rings is 1. The summed E-state index contributed by atoms with van der Waals surface area (Å²) in [6, 6.07) is 6.24. The molecule has 0 aliphatic carbocycles. The first-order chi connectivity index (χ1) is 9.54. The number of aryl methyl sites for hydroxylation is 2. The Hall–Kier alpha value is -2.83.